The van der Waals surface area contributed by atoms with Crippen LogP contribution in [0.3, 0.4) is 0 Å². The topological polar surface area (TPSA) is 3.24 Å². The minimum absolute atomic E-state index is 0.728. The number of thiophene rings is 1. The molecule has 0 fully saturated rings. The number of likely N-dealkylation sites (N-methyl/N-ethyl adjacent to an activating group) is 1. The van der Waals surface area contributed by atoms with Gasteiger partial charge in [-0.15, -0.1) is 23.1 Å². The van der Waals surface area contributed by atoms with Gasteiger partial charge in [0.05, 0.1) is 0 Å². The summed E-state index contributed by atoms with van der Waals surface area (Å²) in [7, 11) is 2.25. The van der Waals surface area contributed by atoms with Gasteiger partial charge in [-0.25, -0.2) is 0 Å². The maximum absolute atomic E-state index is 2.48. The van der Waals surface area contributed by atoms with E-state index in [9.17, 15) is 0 Å². The first kappa shape index (κ1) is 13.2. The van der Waals surface area contributed by atoms with Crippen molar-refractivity contribution in [2.45, 2.75) is 23.0 Å². The molecule has 1 aliphatic heterocycles. The quantitative estimate of drug-likeness (QED) is 0.820. The van der Waals surface area contributed by atoms with E-state index in [1.807, 2.05) is 23.1 Å². The second kappa shape index (κ2) is 6.12. The zero-order valence-electron chi connectivity index (χ0n) is 11.2. The minimum atomic E-state index is 0.728. The summed E-state index contributed by atoms with van der Waals surface area (Å²) in [4.78, 5) is 5.46. The molecule has 0 saturated heterocycles. The van der Waals surface area contributed by atoms with Gasteiger partial charge in [0.1, 0.15) is 0 Å². The van der Waals surface area contributed by atoms with Gasteiger partial charge in [-0.2, -0.15) is 0 Å². The van der Waals surface area contributed by atoms with E-state index < -0.39 is 0 Å². The van der Waals surface area contributed by atoms with Crippen molar-refractivity contribution < 1.29 is 0 Å². The van der Waals surface area contributed by atoms with Crippen LogP contribution in [0, 0.1) is 0 Å². The summed E-state index contributed by atoms with van der Waals surface area (Å²) in [5.41, 5.74) is 1.53. The zero-order chi connectivity index (χ0) is 13.1. The van der Waals surface area contributed by atoms with Crippen molar-refractivity contribution in [3.8, 4) is 0 Å². The second-order valence-corrected chi connectivity index (χ2v) is 7.52. The highest BCUT2D eigenvalue weighted by Crippen LogP contribution is 2.36. The lowest BCUT2D eigenvalue weighted by Gasteiger charge is -2.19. The summed E-state index contributed by atoms with van der Waals surface area (Å²) >= 11 is 3.91. The van der Waals surface area contributed by atoms with E-state index in [0.717, 1.165) is 11.8 Å². The molecule has 2 heterocycles. The predicted molar refractivity (Wildman–Crippen MR) is 85.3 cm³/mol. The van der Waals surface area contributed by atoms with Crippen LogP contribution < -0.4 is 0 Å². The average molecular weight is 289 g/mol. The number of nitrogens with zero attached hydrogens (tertiary/aromatic N) is 1. The molecule has 1 atom stereocenters. The van der Waals surface area contributed by atoms with E-state index in [0.29, 0.717) is 0 Å². The highest BCUT2D eigenvalue weighted by atomic mass is 32.2. The summed E-state index contributed by atoms with van der Waals surface area (Å²) < 4.78 is 0. The van der Waals surface area contributed by atoms with Gasteiger partial charge in [-0.3, -0.25) is 0 Å². The minimum Gasteiger partial charge on any atom is -0.305 e. The maximum atomic E-state index is 2.48. The van der Waals surface area contributed by atoms with Gasteiger partial charge in [-0.1, -0.05) is 24.3 Å². The molecule has 1 aromatic heterocycles. The monoisotopic (exact) mass is 289 g/mol. The molecule has 2 aromatic rings. The summed E-state index contributed by atoms with van der Waals surface area (Å²) in [6, 6.07) is 13.2. The first-order valence-electron chi connectivity index (χ1n) is 6.77. The highest BCUT2D eigenvalue weighted by molar-refractivity contribution is 8.00. The molecule has 100 valence electrons. The Hall–Kier alpha value is -0.770. The second-order valence-electron chi connectivity index (χ2n) is 5.14. The molecule has 0 saturated carbocycles. The molecule has 0 spiro atoms. The Balaban J connectivity index is 1.48. The molecule has 3 rings (SSSR count). The first-order chi connectivity index (χ1) is 9.31. The predicted octanol–water partition coefficient (Wildman–Crippen LogP) is 3.94. The van der Waals surface area contributed by atoms with E-state index in [1.165, 1.54) is 34.7 Å². The normalized spacial score (nSPS) is 17.9. The lowest BCUT2D eigenvalue weighted by molar-refractivity contribution is 0.340. The van der Waals surface area contributed by atoms with Crippen LogP contribution in [0.2, 0.25) is 0 Å². The van der Waals surface area contributed by atoms with Crippen molar-refractivity contribution in [3.05, 3.63) is 52.2 Å². The fraction of sp³-hybridized carbons (Fsp3) is 0.375. The number of rotatable bonds is 5. The largest absolute Gasteiger partial charge is 0.305 e. The lowest BCUT2D eigenvalue weighted by atomic mass is 10.1. The molecule has 1 nitrogen and oxygen atoms in total. The molecule has 0 bridgehead atoms. The van der Waals surface area contributed by atoms with Crippen LogP contribution in [0.15, 0.2) is 46.7 Å². The van der Waals surface area contributed by atoms with Crippen LogP contribution in [0.5, 0.6) is 0 Å². The van der Waals surface area contributed by atoms with Crippen LogP contribution in [0.4, 0.5) is 0 Å². The molecule has 0 aliphatic carbocycles. The number of hydrogen-bond acceptors (Lipinski definition) is 3. The standard InChI is InChI=1S/C16H19NS2/c1-17(9-8-14-6-4-10-18-14)12-15-11-13-5-2-3-7-16(13)19-15/h2-7,10,15H,8-9,11-12H2,1H3. The number of hydrogen-bond donors (Lipinski definition) is 0. The van der Waals surface area contributed by atoms with E-state index in [1.54, 1.807) is 0 Å². The number of thioether (sulfide) groups is 1. The van der Waals surface area contributed by atoms with Gasteiger partial charge in [0.15, 0.2) is 0 Å². The van der Waals surface area contributed by atoms with E-state index in [-0.39, 0.29) is 0 Å². The SMILES string of the molecule is CN(CCc1cccs1)CC1Cc2ccccc2S1. The molecular weight excluding hydrogens is 270 g/mol. The lowest BCUT2D eigenvalue weighted by Crippen LogP contribution is -2.28. The summed E-state index contributed by atoms with van der Waals surface area (Å²) in [6.45, 7) is 2.35. The maximum Gasteiger partial charge on any atom is 0.0263 e. The third kappa shape index (κ3) is 3.41. The molecule has 3 heteroatoms. The smallest absolute Gasteiger partial charge is 0.0263 e. The summed E-state index contributed by atoms with van der Waals surface area (Å²) in [5, 5.41) is 2.89. The molecule has 1 unspecified atom stereocenters. The van der Waals surface area contributed by atoms with Gasteiger partial charge >= 0.3 is 0 Å². The van der Waals surface area contributed by atoms with E-state index in [2.05, 4.69) is 53.7 Å². The van der Waals surface area contributed by atoms with E-state index >= 15 is 0 Å². The fourth-order valence-electron chi connectivity index (χ4n) is 2.55. The zero-order valence-corrected chi connectivity index (χ0v) is 12.8. The molecular formula is C16H19NS2. The Kier molecular flexibility index (Phi) is 4.26. The van der Waals surface area contributed by atoms with Gasteiger partial charge in [0, 0.05) is 28.1 Å². The van der Waals surface area contributed by atoms with Gasteiger partial charge in [-0.05, 0) is 43.0 Å². The molecule has 1 aromatic carbocycles. The number of fused-ring (bicyclic) bond motifs is 1. The Morgan fingerprint density at radius 1 is 1.21 bits per heavy atom. The Morgan fingerprint density at radius 3 is 2.89 bits per heavy atom. The number of benzene rings is 1. The third-order valence-electron chi connectivity index (χ3n) is 3.55. The Morgan fingerprint density at radius 2 is 2.11 bits per heavy atom. The van der Waals surface area contributed by atoms with Crippen LogP contribution in [0.1, 0.15) is 10.4 Å². The molecule has 0 radical (unpaired) electrons. The van der Waals surface area contributed by atoms with E-state index in [4.69, 9.17) is 0 Å². The summed E-state index contributed by atoms with van der Waals surface area (Å²) in [5.74, 6) is 0. The fourth-order valence-corrected chi connectivity index (χ4v) is 4.66. The van der Waals surface area contributed by atoms with Crippen LogP contribution >= 0.6 is 23.1 Å². The van der Waals surface area contributed by atoms with Crippen molar-refractivity contribution in [1.29, 1.82) is 0 Å². The molecule has 0 amide bonds. The molecule has 1 aliphatic rings. The highest BCUT2D eigenvalue weighted by Gasteiger charge is 2.22. The molecule has 0 N–H and O–H groups in total. The van der Waals surface area contributed by atoms with Crippen molar-refractivity contribution in [1.82, 2.24) is 4.90 Å². The Bertz CT molecular complexity index is 496. The first-order valence-corrected chi connectivity index (χ1v) is 8.52. The van der Waals surface area contributed by atoms with Gasteiger partial charge in [0.2, 0.25) is 0 Å². The van der Waals surface area contributed by atoms with Crippen molar-refractivity contribution >= 4 is 23.1 Å². The van der Waals surface area contributed by atoms with Gasteiger partial charge in [0.25, 0.3) is 0 Å². The van der Waals surface area contributed by atoms with Crippen molar-refractivity contribution in [3.63, 3.8) is 0 Å². The van der Waals surface area contributed by atoms with Crippen LogP contribution in [0.25, 0.3) is 0 Å². The van der Waals surface area contributed by atoms with Crippen LogP contribution in [-0.4, -0.2) is 30.3 Å². The average Bonchev–Trinajstić information content (AvgIpc) is 3.04. The molecule has 19 heavy (non-hydrogen) atoms. The summed E-state index contributed by atoms with van der Waals surface area (Å²) in [6.07, 6.45) is 2.41. The van der Waals surface area contributed by atoms with Crippen molar-refractivity contribution in [2.24, 2.45) is 0 Å². The third-order valence-corrected chi connectivity index (χ3v) is 5.79. The van der Waals surface area contributed by atoms with Crippen molar-refractivity contribution in [2.75, 3.05) is 20.1 Å². The van der Waals surface area contributed by atoms with Crippen LogP contribution in [-0.2, 0) is 12.8 Å². The Labute approximate surface area is 123 Å². The van der Waals surface area contributed by atoms with Gasteiger partial charge < -0.3 is 4.90 Å².